The highest BCUT2D eigenvalue weighted by Gasteiger charge is 2.34. The summed E-state index contributed by atoms with van der Waals surface area (Å²) in [6, 6.07) is 12.3. The van der Waals surface area contributed by atoms with Crippen LogP contribution in [0.2, 0.25) is 0 Å². The monoisotopic (exact) mass is 436 g/mol. The summed E-state index contributed by atoms with van der Waals surface area (Å²) in [6.07, 6.45) is 1.28. The third-order valence-electron chi connectivity index (χ3n) is 3.96. The number of hydrogen-bond donors (Lipinski definition) is 1. The molecule has 3 atom stereocenters. The van der Waals surface area contributed by atoms with Crippen LogP contribution in [0.3, 0.4) is 0 Å². The fourth-order valence-electron chi connectivity index (χ4n) is 2.51. The lowest BCUT2D eigenvalue weighted by Crippen LogP contribution is -2.37. The second-order valence-electron chi connectivity index (χ2n) is 6.63. The van der Waals surface area contributed by atoms with Gasteiger partial charge in [-0.25, -0.2) is 4.57 Å². The topological polar surface area (TPSA) is 117 Å². The first kappa shape index (κ1) is 23.4. The number of hydrogen-bond acceptors (Lipinski definition) is 7. The summed E-state index contributed by atoms with van der Waals surface area (Å²) in [7, 11) is -4.09. The molecule has 0 bridgehead atoms. The molecule has 0 spiro atoms. The first-order valence-corrected chi connectivity index (χ1v) is 11.0. The molecule has 0 saturated carbocycles. The van der Waals surface area contributed by atoms with Crippen LogP contribution in [0, 0.1) is 10.1 Å². The summed E-state index contributed by atoms with van der Waals surface area (Å²) < 4.78 is 29.8. The Balaban J connectivity index is 2.19. The Hall–Kier alpha value is -2.90. The average molecular weight is 436 g/mol. The standard InChI is InChI=1S/C20H25N2O7P/c1-4-8-15(2)27-20(23)16(3)21-30(26,28-18-9-6-5-7-10-18)29-19-13-11-17(12-14-19)22(24)25/h5-7,9-16H,4,8H2,1-3H3,(H,21,26)/t15-,16+,30?/m0/s1. The van der Waals surface area contributed by atoms with E-state index < -0.39 is 24.7 Å². The van der Waals surface area contributed by atoms with Gasteiger partial charge >= 0.3 is 13.7 Å². The van der Waals surface area contributed by atoms with Gasteiger partial charge in [-0.15, -0.1) is 0 Å². The maximum absolute atomic E-state index is 13.4. The smallest absolute Gasteiger partial charge is 0.462 e. The van der Waals surface area contributed by atoms with Crippen molar-refractivity contribution in [3.63, 3.8) is 0 Å². The van der Waals surface area contributed by atoms with E-state index in [1.807, 2.05) is 6.92 Å². The largest absolute Gasteiger partial charge is 0.513 e. The molecule has 2 rings (SSSR count). The number of para-hydroxylation sites is 1. The SMILES string of the molecule is CCC[C@H](C)OC(=O)[C@@H](C)NP(=O)(Oc1ccccc1)Oc1ccc([N+](=O)[O-])cc1. The molecule has 162 valence electrons. The van der Waals surface area contributed by atoms with Crippen molar-refractivity contribution in [2.45, 2.75) is 45.8 Å². The first-order chi connectivity index (χ1) is 14.2. The molecule has 0 radical (unpaired) electrons. The summed E-state index contributed by atoms with van der Waals surface area (Å²) in [5.41, 5.74) is -0.143. The Kier molecular flexibility index (Phi) is 8.38. The third kappa shape index (κ3) is 7.17. The van der Waals surface area contributed by atoms with Crippen LogP contribution in [0.25, 0.3) is 0 Å². The Bertz CT molecular complexity index is 890. The van der Waals surface area contributed by atoms with Crippen molar-refractivity contribution in [1.82, 2.24) is 5.09 Å². The maximum Gasteiger partial charge on any atom is 0.513 e. The van der Waals surface area contributed by atoms with Gasteiger partial charge in [-0.2, -0.15) is 5.09 Å². The van der Waals surface area contributed by atoms with Crippen molar-refractivity contribution >= 4 is 19.4 Å². The maximum atomic E-state index is 13.4. The van der Waals surface area contributed by atoms with Gasteiger partial charge in [-0.05, 0) is 44.5 Å². The highest BCUT2D eigenvalue weighted by atomic mass is 31.2. The van der Waals surface area contributed by atoms with Crippen molar-refractivity contribution in [3.8, 4) is 11.5 Å². The number of non-ortho nitro benzene ring substituents is 1. The summed E-state index contributed by atoms with van der Waals surface area (Å²) in [4.78, 5) is 22.6. The second kappa shape index (κ2) is 10.8. The number of benzene rings is 2. The van der Waals surface area contributed by atoms with Crippen molar-refractivity contribution < 1.29 is 28.1 Å². The van der Waals surface area contributed by atoms with E-state index >= 15 is 0 Å². The fourth-order valence-corrected chi connectivity index (χ4v) is 4.04. The first-order valence-electron chi connectivity index (χ1n) is 9.49. The Labute approximate surface area is 175 Å². The van der Waals surface area contributed by atoms with Crippen LogP contribution < -0.4 is 14.1 Å². The van der Waals surface area contributed by atoms with E-state index in [0.717, 1.165) is 6.42 Å². The van der Waals surface area contributed by atoms with Gasteiger partial charge in [0.1, 0.15) is 17.5 Å². The van der Waals surface area contributed by atoms with Crippen LogP contribution in [0.1, 0.15) is 33.6 Å². The zero-order valence-electron chi connectivity index (χ0n) is 17.0. The molecule has 0 amide bonds. The molecule has 0 fully saturated rings. The predicted octanol–water partition coefficient (Wildman–Crippen LogP) is 4.87. The van der Waals surface area contributed by atoms with Crippen LogP contribution in [0.15, 0.2) is 54.6 Å². The Morgan fingerprint density at radius 2 is 1.63 bits per heavy atom. The average Bonchev–Trinajstić information content (AvgIpc) is 2.69. The zero-order chi connectivity index (χ0) is 22.1. The molecule has 0 aromatic heterocycles. The number of carbonyl (C=O) groups excluding carboxylic acids is 1. The van der Waals surface area contributed by atoms with Crippen LogP contribution in [-0.2, 0) is 14.1 Å². The quantitative estimate of drug-likeness (QED) is 0.229. The lowest BCUT2D eigenvalue weighted by Gasteiger charge is -2.24. The van der Waals surface area contributed by atoms with Gasteiger partial charge < -0.3 is 13.8 Å². The molecule has 10 heteroatoms. The highest BCUT2D eigenvalue weighted by Crippen LogP contribution is 2.45. The minimum absolute atomic E-state index is 0.0762. The van der Waals surface area contributed by atoms with Crippen molar-refractivity contribution in [2.24, 2.45) is 0 Å². The van der Waals surface area contributed by atoms with E-state index in [9.17, 15) is 19.5 Å². The van der Waals surface area contributed by atoms with Gasteiger partial charge in [0.25, 0.3) is 5.69 Å². The lowest BCUT2D eigenvalue weighted by atomic mass is 10.2. The van der Waals surface area contributed by atoms with Gasteiger partial charge in [-0.1, -0.05) is 31.5 Å². The van der Waals surface area contributed by atoms with E-state index in [0.29, 0.717) is 6.42 Å². The van der Waals surface area contributed by atoms with E-state index in [-0.39, 0.29) is 23.3 Å². The number of rotatable bonds is 11. The molecule has 0 saturated heterocycles. The lowest BCUT2D eigenvalue weighted by molar-refractivity contribution is -0.384. The minimum Gasteiger partial charge on any atom is -0.462 e. The molecule has 0 aliphatic heterocycles. The molecule has 1 unspecified atom stereocenters. The van der Waals surface area contributed by atoms with Crippen LogP contribution in [0.4, 0.5) is 5.69 Å². The fraction of sp³-hybridized carbons (Fsp3) is 0.350. The van der Waals surface area contributed by atoms with Crippen molar-refractivity contribution in [1.29, 1.82) is 0 Å². The number of nitrogens with one attached hydrogen (secondary N) is 1. The van der Waals surface area contributed by atoms with Crippen LogP contribution in [-0.4, -0.2) is 23.0 Å². The zero-order valence-corrected chi connectivity index (χ0v) is 17.9. The Morgan fingerprint density at radius 1 is 1.07 bits per heavy atom. The van der Waals surface area contributed by atoms with Gasteiger partial charge in [0, 0.05) is 12.1 Å². The number of nitro groups is 1. The van der Waals surface area contributed by atoms with Gasteiger partial charge in [-0.3, -0.25) is 14.9 Å². The minimum atomic E-state index is -4.09. The summed E-state index contributed by atoms with van der Waals surface area (Å²) in [5, 5.41) is 13.4. The van der Waals surface area contributed by atoms with Crippen LogP contribution >= 0.6 is 7.75 Å². The van der Waals surface area contributed by atoms with Gasteiger partial charge in [0.05, 0.1) is 11.0 Å². The van der Waals surface area contributed by atoms with Gasteiger partial charge in [0.2, 0.25) is 0 Å². The molecular formula is C20H25N2O7P. The number of ether oxygens (including phenoxy) is 1. The number of carbonyl (C=O) groups is 1. The van der Waals surface area contributed by atoms with E-state index in [2.05, 4.69) is 5.09 Å². The molecule has 2 aromatic carbocycles. The normalized spacial score (nSPS) is 14.8. The molecule has 0 aliphatic rings. The summed E-state index contributed by atoms with van der Waals surface area (Å²) in [5.74, 6) is -0.261. The van der Waals surface area contributed by atoms with E-state index in [1.165, 1.54) is 31.2 Å². The molecule has 9 nitrogen and oxygen atoms in total. The number of esters is 1. The number of nitro benzene ring substituents is 1. The molecular weight excluding hydrogens is 411 g/mol. The molecule has 2 aromatic rings. The van der Waals surface area contributed by atoms with Crippen molar-refractivity contribution in [3.05, 3.63) is 64.7 Å². The third-order valence-corrected chi connectivity index (χ3v) is 5.57. The molecule has 30 heavy (non-hydrogen) atoms. The highest BCUT2D eigenvalue weighted by molar-refractivity contribution is 7.52. The summed E-state index contributed by atoms with van der Waals surface area (Å²) >= 11 is 0. The molecule has 0 heterocycles. The molecule has 0 aliphatic carbocycles. The second-order valence-corrected chi connectivity index (χ2v) is 8.25. The Morgan fingerprint density at radius 3 is 2.17 bits per heavy atom. The van der Waals surface area contributed by atoms with E-state index in [4.69, 9.17) is 13.8 Å². The van der Waals surface area contributed by atoms with Crippen LogP contribution in [0.5, 0.6) is 11.5 Å². The van der Waals surface area contributed by atoms with Crippen molar-refractivity contribution in [2.75, 3.05) is 0 Å². The summed E-state index contributed by atoms with van der Waals surface area (Å²) in [6.45, 7) is 5.24. The van der Waals surface area contributed by atoms with Gasteiger partial charge in [0.15, 0.2) is 0 Å². The number of nitrogens with zero attached hydrogens (tertiary/aromatic N) is 1. The van der Waals surface area contributed by atoms with E-state index in [1.54, 1.807) is 37.3 Å². The molecule has 1 N–H and O–H groups in total. The predicted molar refractivity (Wildman–Crippen MR) is 111 cm³/mol.